The van der Waals surface area contributed by atoms with Crippen molar-refractivity contribution in [2.75, 3.05) is 37.7 Å². The number of halogens is 1. The summed E-state index contributed by atoms with van der Waals surface area (Å²) in [5, 5.41) is -0.890. The van der Waals surface area contributed by atoms with Crippen LogP contribution in [0.2, 0.25) is 5.02 Å². The Bertz CT molecular complexity index is 969. The first-order chi connectivity index (χ1) is 12.6. The molecule has 148 valence electrons. The van der Waals surface area contributed by atoms with E-state index in [0.29, 0.717) is 26.2 Å². The summed E-state index contributed by atoms with van der Waals surface area (Å²) in [7, 11) is -7.25. The maximum atomic E-state index is 12.8. The molecule has 1 aromatic rings. The highest BCUT2D eigenvalue weighted by Crippen LogP contribution is 2.29. The number of piperazine rings is 1. The SMILES string of the molecule is O=CN1CCN(C(=O)c2cc(S(=O)(=O)C3CCS(=O)(=O)C3)ccc2Cl)CC1. The van der Waals surface area contributed by atoms with Gasteiger partial charge in [0.2, 0.25) is 6.41 Å². The topological polar surface area (TPSA) is 109 Å². The number of carbonyl (C=O) groups is 2. The maximum absolute atomic E-state index is 12.8. The van der Waals surface area contributed by atoms with Gasteiger partial charge in [-0.3, -0.25) is 9.59 Å². The molecule has 2 amide bonds. The van der Waals surface area contributed by atoms with Crippen molar-refractivity contribution in [3.63, 3.8) is 0 Å². The summed E-state index contributed by atoms with van der Waals surface area (Å²) in [4.78, 5) is 26.5. The Hall–Kier alpha value is -1.65. The first-order valence-corrected chi connectivity index (χ1v) is 12.1. The molecule has 3 rings (SSSR count). The smallest absolute Gasteiger partial charge is 0.255 e. The van der Waals surface area contributed by atoms with Crippen LogP contribution in [0.25, 0.3) is 0 Å². The Kier molecular flexibility index (Phi) is 5.51. The van der Waals surface area contributed by atoms with Crippen molar-refractivity contribution in [3.05, 3.63) is 28.8 Å². The highest BCUT2D eigenvalue weighted by Gasteiger charge is 2.38. The van der Waals surface area contributed by atoms with Gasteiger partial charge in [0.15, 0.2) is 19.7 Å². The van der Waals surface area contributed by atoms with Crippen molar-refractivity contribution in [2.24, 2.45) is 0 Å². The fourth-order valence-corrected chi connectivity index (χ4v) is 7.83. The van der Waals surface area contributed by atoms with Gasteiger partial charge in [-0.2, -0.15) is 0 Å². The molecule has 1 atom stereocenters. The van der Waals surface area contributed by atoms with E-state index in [0.717, 1.165) is 6.41 Å². The molecule has 0 aromatic heterocycles. The molecule has 0 bridgehead atoms. The van der Waals surface area contributed by atoms with E-state index in [1.54, 1.807) is 4.90 Å². The molecular formula is C16H19ClN2O6S2. The number of hydrogen-bond donors (Lipinski definition) is 0. The van der Waals surface area contributed by atoms with Gasteiger partial charge in [-0.15, -0.1) is 0 Å². The monoisotopic (exact) mass is 434 g/mol. The number of nitrogens with zero attached hydrogens (tertiary/aromatic N) is 2. The molecular weight excluding hydrogens is 416 g/mol. The lowest BCUT2D eigenvalue weighted by molar-refractivity contribution is -0.119. The van der Waals surface area contributed by atoms with Crippen molar-refractivity contribution in [3.8, 4) is 0 Å². The third-order valence-electron chi connectivity index (χ3n) is 4.88. The minimum atomic E-state index is -3.89. The molecule has 2 heterocycles. The third-order valence-corrected chi connectivity index (χ3v) is 9.38. The highest BCUT2D eigenvalue weighted by atomic mass is 35.5. The lowest BCUT2D eigenvalue weighted by Crippen LogP contribution is -2.48. The summed E-state index contributed by atoms with van der Waals surface area (Å²) < 4.78 is 48.8. The van der Waals surface area contributed by atoms with Crippen LogP contribution in [0.4, 0.5) is 0 Å². The van der Waals surface area contributed by atoms with Gasteiger partial charge in [0, 0.05) is 26.2 Å². The van der Waals surface area contributed by atoms with E-state index in [1.807, 2.05) is 0 Å². The molecule has 0 aliphatic carbocycles. The van der Waals surface area contributed by atoms with Gasteiger partial charge in [-0.05, 0) is 24.6 Å². The first-order valence-electron chi connectivity index (χ1n) is 8.36. The first kappa shape index (κ1) is 20.1. The predicted octanol–water partition coefficient (Wildman–Crippen LogP) is 0.215. The molecule has 2 fully saturated rings. The van der Waals surface area contributed by atoms with Gasteiger partial charge >= 0.3 is 0 Å². The van der Waals surface area contributed by atoms with Crippen LogP contribution in [0.1, 0.15) is 16.8 Å². The number of rotatable bonds is 4. The van der Waals surface area contributed by atoms with Gasteiger partial charge in [-0.25, -0.2) is 16.8 Å². The van der Waals surface area contributed by atoms with E-state index in [2.05, 4.69) is 0 Å². The summed E-state index contributed by atoms with van der Waals surface area (Å²) in [5.41, 5.74) is 0.0538. The number of sulfone groups is 2. The fraction of sp³-hybridized carbons (Fsp3) is 0.500. The zero-order valence-corrected chi connectivity index (χ0v) is 16.8. The van der Waals surface area contributed by atoms with Crippen molar-refractivity contribution in [1.82, 2.24) is 9.80 Å². The quantitative estimate of drug-likeness (QED) is 0.627. The molecule has 2 aliphatic rings. The minimum Gasteiger partial charge on any atom is -0.342 e. The number of hydrogen-bond acceptors (Lipinski definition) is 6. The molecule has 0 N–H and O–H groups in total. The lowest BCUT2D eigenvalue weighted by atomic mass is 10.2. The van der Waals surface area contributed by atoms with Crippen LogP contribution in [0.5, 0.6) is 0 Å². The van der Waals surface area contributed by atoms with Crippen LogP contribution in [-0.4, -0.2) is 81.9 Å². The Labute approximate surface area is 162 Å². The zero-order chi connectivity index (χ0) is 19.8. The number of amides is 2. The van der Waals surface area contributed by atoms with Gasteiger partial charge in [0.05, 0.1) is 32.2 Å². The summed E-state index contributed by atoms with van der Waals surface area (Å²) in [5.74, 6) is -0.978. The molecule has 0 spiro atoms. The molecule has 11 heteroatoms. The van der Waals surface area contributed by atoms with E-state index in [1.165, 1.54) is 23.1 Å². The summed E-state index contributed by atoms with van der Waals surface area (Å²) in [6.07, 6.45) is 0.766. The normalized spacial score (nSPS) is 22.6. The fourth-order valence-electron chi connectivity index (χ4n) is 3.24. The summed E-state index contributed by atoms with van der Waals surface area (Å²) in [6.45, 7) is 1.44. The van der Waals surface area contributed by atoms with E-state index in [-0.39, 0.29) is 27.7 Å². The molecule has 27 heavy (non-hydrogen) atoms. The third kappa shape index (κ3) is 4.12. The molecule has 1 unspecified atom stereocenters. The second kappa shape index (κ2) is 7.40. The van der Waals surface area contributed by atoms with Crippen LogP contribution in [0, 0.1) is 0 Å². The van der Waals surface area contributed by atoms with Crippen molar-refractivity contribution in [2.45, 2.75) is 16.6 Å². The molecule has 0 radical (unpaired) electrons. The Morgan fingerprint density at radius 3 is 2.41 bits per heavy atom. The highest BCUT2D eigenvalue weighted by molar-refractivity contribution is 7.96. The van der Waals surface area contributed by atoms with Gasteiger partial charge in [0.1, 0.15) is 0 Å². The summed E-state index contributed by atoms with van der Waals surface area (Å²) in [6, 6.07) is 3.85. The van der Waals surface area contributed by atoms with Crippen LogP contribution >= 0.6 is 11.6 Å². The van der Waals surface area contributed by atoms with Gasteiger partial charge in [-0.1, -0.05) is 11.6 Å². The van der Waals surface area contributed by atoms with Crippen LogP contribution in [-0.2, 0) is 24.5 Å². The molecule has 2 saturated heterocycles. The van der Waals surface area contributed by atoms with Crippen molar-refractivity contribution < 1.29 is 26.4 Å². The Morgan fingerprint density at radius 1 is 1.19 bits per heavy atom. The zero-order valence-electron chi connectivity index (χ0n) is 14.4. The van der Waals surface area contributed by atoms with Gasteiger partial charge < -0.3 is 9.80 Å². The molecule has 0 saturated carbocycles. The number of carbonyl (C=O) groups excluding carboxylic acids is 2. The average Bonchev–Trinajstić information content (AvgIpc) is 3.02. The second-order valence-corrected chi connectivity index (χ2v) is 11.5. The van der Waals surface area contributed by atoms with E-state index in [9.17, 15) is 26.4 Å². The maximum Gasteiger partial charge on any atom is 0.255 e. The largest absolute Gasteiger partial charge is 0.342 e. The average molecular weight is 435 g/mol. The Balaban J connectivity index is 1.86. The van der Waals surface area contributed by atoms with Gasteiger partial charge in [0.25, 0.3) is 5.91 Å². The van der Waals surface area contributed by atoms with Crippen LogP contribution in [0.15, 0.2) is 23.1 Å². The van der Waals surface area contributed by atoms with Crippen LogP contribution < -0.4 is 0 Å². The van der Waals surface area contributed by atoms with E-state index < -0.39 is 36.6 Å². The Morgan fingerprint density at radius 2 is 1.85 bits per heavy atom. The van der Waals surface area contributed by atoms with Crippen molar-refractivity contribution >= 4 is 43.6 Å². The standard InChI is InChI=1S/C16H19ClN2O6S2/c17-15-2-1-12(27(24,25)13-3-8-26(22,23)10-13)9-14(15)16(21)19-6-4-18(11-20)5-7-19/h1-2,9,11,13H,3-8,10H2. The van der Waals surface area contributed by atoms with E-state index in [4.69, 9.17) is 11.6 Å². The molecule has 1 aromatic carbocycles. The minimum absolute atomic E-state index is 0.0459. The van der Waals surface area contributed by atoms with E-state index >= 15 is 0 Å². The lowest BCUT2D eigenvalue weighted by Gasteiger charge is -2.32. The predicted molar refractivity (Wildman–Crippen MR) is 99.2 cm³/mol. The number of benzene rings is 1. The van der Waals surface area contributed by atoms with Crippen molar-refractivity contribution in [1.29, 1.82) is 0 Å². The van der Waals surface area contributed by atoms with Crippen LogP contribution in [0.3, 0.4) is 0 Å². The molecule has 8 nitrogen and oxygen atoms in total. The second-order valence-electron chi connectivity index (χ2n) is 6.65. The molecule has 2 aliphatic heterocycles. The summed E-state index contributed by atoms with van der Waals surface area (Å²) >= 11 is 6.12.